The highest BCUT2D eigenvalue weighted by atomic mass is 16.5. The zero-order valence-corrected chi connectivity index (χ0v) is 11.5. The maximum absolute atomic E-state index is 11.6. The first-order valence-electron chi connectivity index (χ1n) is 6.51. The highest BCUT2D eigenvalue weighted by Gasteiger charge is 2.22. The first kappa shape index (κ1) is 14.1. The summed E-state index contributed by atoms with van der Waals surface area (Å²) in [5.41, 5.74) is 5.93. The molecule has 0 saturated heterocycles. The van der Waals surface area contributed by atoms with E-state index in [1.165, 1.54) is 7.11 Å². The molecule has 0 spiro atoms. The van der Waals surface area contributed by atoms with Gasteiger partial charge in [0.05, 0.1) is 13.7 Å². The van der Waals surface area contributed by atoms with Gasteiger partial charge in [0.25, 0.3) is 0 Å². The van der Waals surface area contributed by atoms with E-state index in [-0.39, 0.29) is 5.97 Å². The molecule has 4 heteroatoms. The number of carbonyl (C=O) groups excluding carboxylic acids is 1. The van der Waals surface area contributed by atoms with Crippen LogP contribution in [0.4, 0.5) is 11.4 Å². The molecule has 1 atom stereocenters. The normalized spacial score (nSPS) is 11.7. The van der Waals surface area contributed by atoms with Crippen molar-refractivity contribution in [1.82, 2.24) is 0 Å². The molecular formula is C16H19N2O2+. The quantitative estimate of drug-likeness (QED) is 0.841. The fourth-order valence-electron chi connectivity index (χ4n) is 2.04. The lowest BCUT2D eigenvalue weighted by atomic mass is 10.2. The lowest BCUT2D eigenvalue weighted by Crippen LogP contribution is -2.69. The molecule has 0 bridgehead atoms. The van der Waals surface area contributed by atoms with Gasteiger partial charge in [0, 0.05) is 11.4 Å². The Labute approximate surface area is 118 Å². The van der Waals surface area contributed by atoms with Gasteiger partial charge in [-0.1, -0.05) is 36.4 Å². The first-order chi connectivity index (χ1) is 9.72. The number of carbonyl (C=O) groups is 1. The average molecular weight is 271 g/mol. The van der Waals surface area contributed by atoms with E-state index in [4.69, 9.17) is 4.74 Å². The standard InChI is InChI=1S/C16H18N2O2/c1-20-16(19)15(17)12-18(13-8-4-2-5-9-13)14-10-6-3-7-11-14/h2-11,15H,12,17H2,1H3/p+1. The fraction of sp³-hybridized carbons (Fsp3) is 0.188. The molecule has 2 aromatic rings. The summed E-state index contributed by atoms with van der Waals surface area (Å²) < 4.78 is 4.76. The largest absolute Gasteiger partial charge is 0.465 e. The minimum Gasteiger partial charge on any atom is -0.465 e. The predicted molar refractivity (Wildman–Crippen MR) is 78.6 cm³/mol. The van der Waals surface area contributed by atoms with Crippen molar-refractivity contribution in [2.24, 2.45) is 0 Å². The molecule has 0 amide bonds. The molecule has 2 rings (SSSR count). The van der Waals surface area contributed by atoms with Crippen molar-refractivity contribution >= 4 is 17.3 Å². The smallest absolute Gasteiger partial charge is 0.366 e. The highest BCUT2D eigenvalue weighted by molar-refractivity contribution is 5.76. The van der Waals surface area contributed by atoms with Crippen LogP contribution in [0.15, 0.2) is 60.7 Å². The maximum Gasteiger partial charge on any atom is 0.366 e. The minimum absolute atomic E-state index is 0.304. The Kier molecular flexibility index (Phi) is 4.74. The fourth-order valence-corrected chi connectivity index (χ4v) is 2.04. The Morgan fingerprint density at radius 3 is 1.90 bits per heavy atom. The van der Waals surface area contributed by atoms with Crippen molar-refractivity contribution in [3.05, 3.63) is 60.7 Å². The van der Waals surface area contributed by atoms with Crippen molar-refractivity contribution in [3.8, 4) is 0 Å². The van der Waals surface area contributed by atoms with E-state index in [9.17, 15) is 4.79 Å². The zero-order valence-electron chi connectivity index (χ0n) is 11.5. The number of anilines is 2. The van der Waals surface area contributed by atoms with Gasteiger partial charge in [-0.25, -0.2) is 4.79 Å². The molecule has 1 unspecified atom stereocenters. The molecule has 0 fully saturated rings. The van der Waals surface area contributed by atoms with Crippen LogP contribution in [0.2, 0.25) is 0 Å². The van der Waals surface area contributed by atoms with Crippen LogP contribution >= 0.6 is 0 Å². The summed E-state index contributed by atoms with van der Waals surface area (Å²) in [6.45, 7) is 0.473. The Morgan fingerprint density at radius 1 is 1.05 bits per heavy atom. The zero-order chi connectivity index (χ0) is 14.4. The highest BCUT2D eigenvalue weighted by Crippen LogP contribution is 2.24. The van der Waals surface area contributed by atoms with Gasteiger partial charge in [-0.3, -0.25) is 0 Å². The van der Waals surface area contributed by atoms with E-state index >= 15 is 0 Å². The second-order valence-electron chi connectivity index (χ2n) is 4.50. The third-order valence-corrected chi connectivity index (χ3v) is 3.07. The van der Waals surface area contributed by atoms with Crippen LogP contribution in [0.3, 0.4) is 0 Å². The van der Waals surface area contributed by atoms with Crippen molar-refractivity contribution in [2.75, 3.05) is 18.6 Å². The predicted octanol–water partition coefficient (Wildman–Crippen LogP) is 1.61. The summed E-state index contributed by atoms with van der Waals surface area (Å²) >= 11 is 0. The van der Waals surface area contributed by atoms with Crippen molar-refractivity contribution < 1.29 is 15.3 Å². The number of benzene rings is 2. The van der Waals surface area contributed by atoms with Crippen LogP contribution in [0.25, 0.3) is 0 Å². The lowest BCUT2D eigenvalue weighted by Gasteiger charge is -2.25. The number of methoxy groups -OCH3 is 1. The SMILES string of the molecule is COC(=O)C([NH3+])CN(c1ccccc1)c1ccccc1. The van der Waals surface area contributed by atoms with Gasteiger partial charge in [0.15, 0.2) is 0 Å². The number of quaternary nitrogens is 1. The summed E-state index contributed by atoms with van der Waals surface area (Å²) in [6, 6.07) is 19.4. The number of ether oxygens (including phenoxy) is 1. The van der Waals surface area contributed by atoms with Crippen LogP contribution in [0.5, 0.6) is 0 Å². The van der Waals surface area contributed by atoms with Gasteiger partial charge in [-0.05, 0) is 24.3 Å². The van der Waals surface area contributed by atoms with E-state index in [1.807, 2.05) is 60.7 Å². The summed E-state index contributed by atoms with van der Waals surface area (Å²) in [7, 11) is 1.38. The average Bonchev–Trinajstić information content (AvgIpc) is 2.53. The second kappa shape index (κ2) is 6.73. The molecule has 0 aliphatic carbocycles. The van der Waals surface area contributed by atoms with Crippen LogP contribution in [-0.2, 0) is 9.53 Å². The molecule has 104 valence electrons. The van der Waals surface area contributed by atoms with Crippen LogP contribution in [0.1, 0.15) is 0 Å². The molecule has 0 heterocycles. The van der Waals surface area contributed by atoms with E-state index in [2.05, 4.69) is 10.6 Å². The van der Waals surface area contributed by atoms with E-state index in [0.29, 0.717) is 6.54 Å². The maximum atomic E-state index is 11.6. The number of hydrogen-bond donors (Lipinski definition) is 1. The number of rotatable bonds is 5. The summed E-state index contributed by atoms with van der Waals surface area (Å²) in [4.78, 5) is 13.7. The molecule has 4 nitrogen and oxygen atoms in total. The van der Waals surface area contributed by atoms with Crippen LogP contribution < -0.4 is 10.6 Å². The Bertz CT molecular complexity index is 503. The Hall–Kier alpha value is -2.33. The second-order valence-corrected chi connectivity index (χ2v) is 4.50. The summed E-state index contributed by atoms with van der Waals surface area (Å²) in [6.07, 6.45) is 0. The Balaban J connectivity index is 2.28. The van der Waals surface area contributed by atoms with E-state index in [1.54, 1.807) is 0 Å². The minimum atomic E-state index is -0.444. The molecule has 3 N–H and O–H groups in total. The number of nitrogens with zero attached hydrogens (tertiary/aromatic N) is 1. The van der Waals surface area contributed by atoms with Crippen molar-refractivity contribution in [3.63, 3.8) is 0 Å². The molecule has 2 aromatic carbocycles. The van der Waals surface area contributed by atoms with Gasteiger partial charge in [-0.2, -0.15) is 0 Å². The third kappa shape index (κ3) is 3.36. The van der Waals surface area contributed by atoms with E-state index in [0.717, 1.165) is 11.4 Å². The third-order valence-electron chi connectivity index (χ3n) is 3.07. The molecule has 0 aliphatic rings. The summed E-state index contributed by atoms with van der Waals surface area (Å²) in [5, 5.41) is 0. The summed E-state index contributed by atoms with van der Waals surface area (Å²) in [5.74, 6) is -0.304. The van der Waals surface area contributed by atoms with Gasteiger partial charge in [0.2, 0.25) is 6.04 Å². The molecule has 0 saturated carbocycles. The van der Waals surface area contributed by atoms with Gasteiger partial charge in [-0.15, -0.1) is 0 Å². The van der Waals surface area contributed by atoms with Crippen LogP contribution in [-0.4, -0.2) is 25.7 Å². The first-order valence-corrected chi connectivity index (χ1v) is 6.51. The number of hydrogen-bond acceptors (Lipinski definition) is 3. The molecule has 20 heavy (non-hydrogen) atoms. The lowest BCUT2D eigenvalue weighted by molar-refractivity contribution is -0.404. The topological polar surface area (TPSA) is 57.2 Å². The number of esters is 1. The van der Waals surface area contributed by atoms with Gasteiger partial charge in [0.1, 0.15) is 0 Å². The van der Waals surface area contributed by atoms with Crippen molar-refractivity contribution in [2.45, 2.75) is 6.04 Å². The van der Waals surface area contributed by atoms with Gasteiger partial charge >= 0.3 is 5.97 Å². The Morgan fingerprint density at radius 2 is 1.50 bits per heavy atom. The number of para-hydroxylation sites is 2. The van der Waals surface area contributed by atoms with E-state index < -0.39 is 6.04 Å². The van der Waals surface area contributed by atoms with Crippen LogP contribution in [0, 0.1) is 0 Å². The van der Waals surface area contributed by atoms with Gasteiger partial charge < -0.3 is 15.4 Å². The molecule has 0 aromatic heterocycles. The monoisotopic (exact) mass is 271 g/mol. The van der Waals surface area contributed by atoms with Crippen molar-refractivity contribution in [1.29, 1.82) is 0 Å². The molecule has 0 radical (unpaired) electrons. The molecular weight excluding hydrogens is 252 g/mol. The molecule has 0 aliphatic heterocycles.